The molecule has 6 heteroatoms. The minimum absolute atomic E-state index is 0.154. The first kappa shape index (κ1) is 23.8. The van der Waals surface area contributed by atoms with Crippen molar-refractivity contribution in [2.24, 2.45) is 11.8 Å². The summed E-state index contributed by atoms with van der Waals surface area (Å²) in [5, 5.41) is 0. The number of methoxy groups -OCH3 is 1. The lowest BCUT2D eigenvalue weighted by Gasteiger charge is -2.44. The van der Waals surface area contributed by atoms with Gasteiger partial charge in [0.25, 0.3) is 0 Å². The van der Waals surface area contributed by atoms with E-state index in [9.17, 15) is 14.4 Å². The molecule has 2 aliphatic carbocycles. The largest absolute Gasteiger partial charge is 0.509 e. The third kappa shape index (κ3) is 5.47. The molecule has 0 unspecified atom stereocenters. The molecule has 0 aromatic heterocycles. The Balaban J connectivity index is 1.78. The van der Waals surface area contributed by atoms with E-state index in [2.05, 4.69) is 37.6 Å². The molecule has 1 aromatic rings. The zero-order valence-electron chi connectivity index (χ0n) is 19.2. The quantitative estimate of drug-likeness (QED) is 0.584. The Morgan fingerprint density at radius 1 is 1.09 bits per heavy atom. The van der Waals surface area contributed by atoms with Crippen molar-refractivity contribution in [1.82, 2.24) is 0 Å². The average molecular weight is 441 g/mol. The molecule has 3 rings (SSSR count). The Labute approximate surface area is 189 Å². The first-order chi connectivity index (χ1) is 15.1. The maximum Gasteiger partial charge on any atom is 0.509 e. The molecule has 1 saturated carbocycles. The Bertz CT molecular complexity index is 882. The van der Waals surface area contributed by atoms with Gasteiger partial charge < -0.3 is 14.2 Å². The van der Waals surface area contributed by atoms with Crippen molar-refractivity contribution in [2.75, 3.05) is 7.11 Å². The molecule has 0 spiro atoms. The molecule has 6 nitrogen and oxygen atoms in total. The monoisotopic (exact) mass is 440 g/mol. The number of carbonyl (C=O) groups is 3. The molecule has 0 bridgehead atoms. The number of rotatable bonds is 6. The van der Waals surface area contributed by atoms with Gasteiger partial charge in [-0.1, -0.05) is 57.5 Å². The number of carbonyl (C=O) groups excluding carboxylic acids is 3. The predicted molar refractivity (Wildman–Crippen MR) is 120 cm³/mol. The topological polar surface area (TPSA) is 78.9 Å². The van der Waals surface area contributed by atoms with Crippen molar-refractivity contribution in [3.05, 3.63) is 60.2 Å². The van der Waals surface area contributed by atoms with Gasteiger partial charge in [0, 0.05) is 5.92 Å². The highest BCUT2D eigenvalue weighted by atomic mass is 16.7. The van der Waals surface area contributed by atoms with Crippen LogP contribution in [0.5, 0.6) is 0 Å². The van der Waals surface area contributed by atoms with Crippen molar-refractivity contribution in [2.45, 2.75) is 63.6 Å². The summed E-state index contributed by atoms with van der Waals surface area (Å²) in [4.78, 5) is 36.4. The number of ketones is 1. The SMILES string of the molecule is COC(=O)OC1(CC(=O)O[C@@H]2C[C@H](C)CC[C@H]2C(C)(C)c2ccccc2)C=CC(=O)C=C1. The van der Waals surface area contributed by atoms with E-state index in [0.717, 1.165) is 19.3 Å². The van der Waals surface area contributed by atoms with Crippen LogP contribution in [-0.4, -0.2) is 36.7 Å². The third-order valence-corrected chi connectivity index (χ3v) is 6.70. The summed E-state index contributed by atoms with van der Waals surface area (Å²) in [5.41, 5.74) is -0.366. The van der Waals surface area contributed by atoms with Gasteiger partial charge in [0.1, 0.15) is 6.10 Å². The van der Waals surface area contributed by atoms with Crippen molar-refractivity contribution in [1.29, 1.82) is 0 Å². The van der Waals surface area contributed by atoms with Gasteiger partial charge in [0.15, 0.2) is 11.4 Å². The summed E-state index contributed by atoms with van der Waals surface area (Å²) in [6.07, 6.45) is 6.76. The van der Waals surface area contributed by atoms with Gasteiger partial charge >= 0.3 is 12.1 Å². The van der Waals surface area contributed by atoms with E-state index in [1.807, 2.05) is 18.2 Å². The lowest BCUT2D eigenvalue weighted by Crippen LogP contribution is -2.44. The van der Waals surface area contributed by atoms with Gasteiger partial charge in [0.2, 0.25) is 0 Å². The minimum Gasteiger partial charge on any atom is -0.462 e. The van der Waals surface area contributed by atoms with E-state index in [0.29, 0.717) is 5.92 Å². The molecule has 0 amide bonds. The van der Waals surface area contributed by atoms with Gasteiger partial charge in [-0.3, -0.25) is 9.59 Å². The Hall–Kier alpha value is -2.89. The minimum atomic E-state index is -1.40. The number of ether oxygens (including phenoxy) is 3. The molecule has 0 N–H and O–H groups in total. The summed E-state index contributed by atoms with van der Waals surface area (Å²) in [6, 6.07) is 10.3. The highest BCUT2D eigenvalue weighted by molar-refractivity contribution is 6.01. The molecule has 0 heterocycles. The van der Waals surface area contributed by atoms with Crippen LogP contribution in [0.3, 0.4) is 0 Å². The molecule has 1 fully saturated rings. The van der Waals surface area contributed by atoms with Crippen LogP contribution in [-0.2, 0) is 29.2 Å². The summed E-state index contributed by atoms with van der Waals surface area (Å²) >= 11 is 0. The smallest absolute Gasteiger partial charge is 0.462 e. The molecular formula is C26H32O6. The van der Waals surface area contributed by atoms with Crippen LogP contribution in [0.4, 0.5) is 4.79 Å². The Morgan fingerprint density at radius 3 is 2.38 bits per heavy atom. The summed E-state index contributed by atoms with van der Waals surface area (Å²) in [7, 11) is 1.19. The van der Waals surface area contributed by atoms with E-state index in [1.54, 1.807) is 0 Å². The van der Waals surface area contributed by atoms with Crippen LogP contribution in [0.2, 0.25) is 0 Å². The molecule has 0 saturated heterocycles. The third-order valence-electron chi connectivity index (χ3n) is 6.70. The zero-order valence-corrected chi connectivity index (χ0v) is 19.2. The van der Waals surface area contributed by atoms with Gasteiger partial charge in [-0.15, -0.1) is 0 Å². The second-order valence-corrected chi connectivity index (χ2v) is 9.40. The summed E-state index contributed by atoms with van der Waals surface area (Å²) in [6.45, 7) is 6.57. The van der Waals surface area contributed by atoms with Crippen molar-refractivity contribution in [3.8, 4) is 0 Å². The van der Waals surface area contributed by atoms with Crippen LogP contribution in [0.25, 0.3) is 0 Å². The van der Waals surface area contributed by atoms with Crippen LogP contribution in [0, 0.1) is 11.8 Å². The highest BCUT2D eigenvalue weighted by Gasteiger charge is 2.43. The summed E-state index contributed by atoms with van der Waals surface area (Å²) < 4.78 is 16.0. The first-order valence-electron chi connectivity index (χ1n) is 11.1. The number of hydrogen-bond donors (Lipinski definition) is 0. The lowest BCUT2D eigenvalue weighted by molar-refractivity contribution is -0.160. The van der Waals surface area contributed by atoms with Gasteiger partial charge in [-0.05, 0) is 54.0 Å². The molecular weight excluding hydrogens is 408 g/mol. The predicted octanol–water partition coefficient (Wildman–Crippen LogP) is 4.92. The van der Waals surface area contributed by atoms with Gasteiger partial charge in [-0.25, -0.2) is 4.79 Å². The Kier molecular flexibility index (Phi) is 7.22. The standard InChI is InChI=1S/C26H32O6/c1-18-10-11-21(25(2,3)19-8-6-5-7-9-19)22(16-18)31-23(28)17-26(32-24(29)30-4)14-12-20(27)13-15-26/h5-9,12-15,18,21-22H,10-11,16-17H2,1-4H3/t18-,21-,22-/m1/s1. The number of esters is 1. The number of hydrogen-bond acceptors (Lipinski definition) is 6. The molecule has 32 heavy (non-hydrogen) atoms. The Morgan fingerprint density at radius 2 is 1.75 bits per heavy atom. The van der Waals surface area contributed by atoms with Crippen LogP contribution in [0.15, 0.2) is 54.6 Å². The van der Waals surface area contributed by atoms with Gasteiger partial charge in [0.05, 0.1) is 13.5 Å². The highest BCUT2D eigenvalue weighted by Crippen LogP contribution is 2.44. The molecule has 1 aromatic carbocycles. The first-order valence-corrected chi connectivity index (χ1v) is 11.1. The molecule has 3 atom stereocenters. The second-order valence-electron chi connectivity index (χ2n) is 9.40. The molecule has 0 aliphatic heterocycles. The lowest BCUT2D eigenvalue weighted by atomic mass is 9.64. The molecule has 172 valence electrons. The van der Waals surface area contributed by atoms with E-state index in [-0.39, 0.29) is 29.6 Å². The van der Waals surface area contributed by atoms with E-state index >= 15 is 0 Å². The normalized spacial score (nSPS) is 24.6. The van der Waals surface area contributed by atoms with Crippen LogP contribution in [0.1, 0.15) is 52.0 Å². The average Bonchev–Trinajstić information content (AvgIpc) is 2.76. The number of allylic oxidation sites excluding steroid dienone is 2. The van der Waals surface area contributed by atoms with Gasteiger partial charge in [-0.2, -0.15) is 0 Å². The zero-order chi connectivity index (χ0) is 23.4. The fourth-order valence-electron chi connectivity index (χ4n) is 4.78. The maximum absolute atomic E-state index is 13.0. The van der Waals surface area contributed by atoms with E-state index < -0.39 is 17.7 Å². The van der Waals surface area contributed by atoms with Crippen molar-refractivity contribution in [3.63, 3.8) is 0 Å². The summed E-state index contributed by atoms with van der Waals surface area (Å²) in [5.74, 6) is -0.122. The second kappa shape index (κ2) is 9.72. The van der Waals surface area contributed by atoms with Crippen LogP contribution >= 0.6 is 0 Å². The fraction of sp³-hybridized carbons (Fsp3) is 0.500. The fourth-order valence-corrected chi connectivity index (χ4v) is 4.78. The van der Waals surface area contributed by atoms with Crippen molar-refractivity contribution < 1.29 is 28.6 Å². The van der Waals surface area contributed by atoms with E-state index in [1.165, 1.54) is 37.0 Å². The van der Waals surface area contributed by atoms with E-state index in [4.69, 9.17) is 9.47 Å². The molecule has 0 radical (unpaired) electrons. The maximum atomic E-state index is 13.0. The number of benzene rings is 1. The van der Waals surface area contributed by atoms with Crippen LogP contribution < -0.4 is 0 Å². The van der Waals surface area contributed by atoms with Crippen molar-refractivity contribution >= 4 is 17.9 Å². The molecule has 2 aliphatic rings.